The number of hydrogen-bond acceptors (Lipinski definition) is 3. The fourth-order valence-electron chi connectivity index (χ4n) is 2.41. The van der Waals surface area contributed by atoms with E-state index < -0.39 is 0 Å². The number of amides is 1. The second-order valence-electron chi connectivity index (χ2n) is 4.95. The second-order valence-corrected chi connectivity index (χ2v) is 4.95. The Balaban J connectivity index is 1.89. The summed E-state index contributed by atoms with van der Waals surface area (Å²) < 4.78 is 5.45. The Morgan fingerprint density at radius 3 is 2.95 bits per heavy atom. The summed E-state index contributed by atoms with van der Waals surface area (Å²) in [4.78, 5) is 14.1. The smallest absolute Gasteiger partial charge is 0.258 e. The lowest BCUT2D eigenvalue weighted by Crippen LogP contribution is -2.26. The van der Waals surface area contributed by atoms with Crippen molar-refractivity contribution in [1.82, 2.24) is 0 Å². The van der Waals surface area contributed by atoms with E-state index in [4.69, 9.17) is 10.00 Å². The number of hydrogen-bond donors (Lipinski definition) is 0. The maximum atomic E-state index is 12.5. The standard InChI is InChI=1S/C17H14N2O2/c1-19(15-4-2-3-12(9-15)11-18)17(20)14-5-6-16-13(10-14)7-8-21-16/h2-6,9-10H,7-8H2,1H3. The number of nitrogens with zero attached hydrogens (tertiary/aromatic N) is 2. The van der Waals surface area contributed by atoms with Crippen LogP contribution in [0.25, 0.3) is 0 Å². The summed E-state index contributed by atoms with van der Waals surface area (Å²) in [7, 11) is 1.71. The Morgan fingerprint density at radius 2 is 2.14 bits per heavy atom. The van der Waals surface area contributed by atoms with Gasteiger partial charge in [0.05, 0.1) is 18.2 Å². The van der Waals surface area contributed by atoms with Crippen LogP contribution in [0.5, 0.6) is 5.75 Å². The normalized spacial score (nSPS) is 12.2. The number of anilines is 1. The molecule has 4 heteroatoms. The maximum absolute atomic E-state index is 12.5. The van der Waals surface area contributed by atoms with E-state index in [9.17, 15) is 4.79 Å². The SMILES string of the molecule is CN(C(=O)c1ccc2c(c1)CCO2)c1cccc(C#N)c1. The zero-order chi connectivity index (χ0) is 14.8. The van der Waals surface area contributed by atoms with E-state index in [0.717, 1.165) is 17.7 Å². The van der Waals surface area contributed by atoms with Crippen LogP contribution in [0.3, 0.4) is 0 Å². The molecule has 0 radical (unpaired) electrons. The molecule has 1 heterocycles. The van der Waals surface area contributed by atoms with Crippen molar-refractivity contribution in [3.05, 3.63) is 59.2 Å². The van der Waals surface area contributed by atoms with Crippen LogP contribution in [-0.4, -0.2) is 19.6 Å². The van der Waals surface area contributed by atoms with Crippen LogP contribution in [0, 0.1) is 11.3 Å². The minimum Gasteiger partial charge on any atom is -0.493 e. The summed E-state index contributed by atoms with van der Waals surface area (Å²) in [5.41, 5.74) is 2.94. The fourth-order valence-corrected chi connectivity index (χ4v) is 2.41. The molecule has 0 bridgehead atoms. The van der Waals surface area contributed by atoms with Crippen LogP contribution in [0.4, 0.5) is 5.69 Å². The summed E-state index contributed by atoms with van der Waals surface area (Å²) in [6.45, 7) is 0.674. The van der Waals surface area contributed by atoms with E-state index >= 15 is 0 Å². The topological polar surface area (TPSA) is 53.3 Å². The molecule has 4 nitrogen and oxygen atoms in total. The van der Waals surface area contributed by atoms with Gasteiger partial charge in [-0.3, -0.25) is 4.79 Å². The zero-order valence-electron chi connectivity index (χ0n) is 11.7. The predicted molar refractivity (Wildman–Crippen MR) is 79.5 cm³/mol. The average Bonchev–Trinajstić information content (AvgIpc) is 3.01. The van der Waals surface area contributed by atoms with E-state index in [1.54, 1.807) is 36.2 Å². The van der Waals surface area contributed by atoms with Crippen LogP contribution in [-0.2, 0) is 6.42 Å². The Kier molecular flexibility index (Phi) is 3.33. The van der Waals surface area contributed by atoms with Crippen molar-refractivity contribution in [3.8, 4) is 11.8 Å². The number of ether oxygens (including phenoxy) is 1. The molecule has 0 saturated carbocycles. The van der Waals surface area contributed by atoms with Gasteiger partial charge in [0, 0.05) is 24.7 Å². The molecule has 0 aliphatic carbocycles. The van der Waals surface area contributed by atoms with Crippen LogP contribution in [0.2, 0.25) is 0 Å². The van der Waals surface area contributed by atoms with Gasteiger partial charge in [-0.15, -0.1) is 0 Å². The molecule has 2 aromatic carbocycles. The van der Waals surface area contributed by atoms with Gasteiger partial charge < -0.3 is 9.64 Å². The number of carbonyl (C=O) groups is 1. The van der Waals surface area contributed by atoms with Gasteiger partial charge in [0.1, 0.15) is 5.75 Å². The van der Waals surface area contributed by atoms with Gasteiger partial charge in [-0.2, -0.15) is 5.26 Å². The molecule has 0 fully saturated rings. The zero-order valence-corrected chi connectivity index (χ0v) is 11.7. The van der Waals surface area contributed by atoms with Gasteiger partial charge in [0.25, 0.3) is 5.91 Å². The molecule has 21 heavy (non-hydrogen) atoms. The second kappa shape index (κ2) is 5.29. The summed E-state index contributed by atoms with van der Waals surface area (Å²) in [5, 5.41) is 8.94. The lowest BCUT2D eigenvalue weighted by Gasteiger charge is -2.18. The lowest BCUT2D eigenvalue weighted by molar-refractivity contribution is 0.0993. The maximum Gasteiger partial charge on any atom is 0.258 e. The Morgan fingerprint density at radius 1 is 1.29 bits per heavy atom. The summed E-state index contributed by atoms with van der Waals surface area (Å²) >= 11 is 0. The van der Waals surface area contributed by atoms with Crippen LogP contribution >= 0.6 is 0 Å². The third kappa shape index (κ3) is 2.46. The van der Waals surface area contributed by atoms with E-state index in [1.165, 1.54) is 0 Å². The summed E-state index contributed by atoms with van der Waals surface area (Å²) in [6, 6.07) is 14.6. The largest absolute Gasteiger partial charge is 0.493 e. The first kappa shape index (κ1) is 13.2. The Bertz CT molecular complexity index is 747. The van der Waals surface area contributed by atoms with Crippen LogP contribution in [0.15, 0.2) is 42.5 Å². The molecule has 104 valence electrons. The van der Waals surface area contributed by atoms with Crippen molar-refractivity contribution in [2.24, 2.45) is 0 Å². The molecule has 0 aromatic heterocycles. The average molecular weight is 278 g/mol. The predicted octanol–water partition coefficient (Wildman–Crippen LogP) is 2.77. The Hall–Kier alpha value is -2.80. The first-order chi connectivity index (χ1) is 10.2. The van der Waals surface area contributed by atoms with E-state index in [0.29, 0.717) is 23.4 Å². The van der Waals surface area contributed by atoms with Crippen molar-refractivity contribution in [2.75, 3.05) is 18.6 Å². The van der Waals surface area contributed by atoms with Crippen molar-refractivity contribution < 1.29 is 9.53 Å². The summed E-state index contributed by atoms with van der Waals surface area (Å²) in [6.07, 6.45) is 0.837. The highest BCUT2D eigenvalue weighted by Crippen LogP contribution is 2.27. The molecule has 0 saturated heterocycles. The molecule has 2 aromatic rings. The molecule has 3 rings (SSSR count). The van der Waals surface area contributed by atoms with Gasteiger partial charge in [-0.25, -0.2) is 0 Å². The monoisotopic (exact) mass is 278 g/mol. The first-order valence-electron chi connectivity index (χ1n) is 6.73. The molecule has 0 spiro atoms. The van der Waals surface area contributed by atoms with Crippen LogP contribution in [0.1, 0.15) is 21.5 Å². The van der Waals surface area contributed by atoms with Crippen molar-refractivity contribution in [1.29, 1.82) is 5.26 Å². The third-order valence-electron chi connectivity index (χ3n) is 3.60. The number of nitriles is 1. The minimum absolute atomic E-state index is 0.0974. The van der Waals surface area contributed by atoms with Gasteiger partial charge in [-0.05, 0) is 42.0 Å². The number of rotatable bonds is 2. The Labute approximate surface area is 123 Å². The highest BCUT2D eigenvalue weighted by Gasteiger charge is 2.18. The van der Waals surface area contributed by atoms with Gasteiger partial charge in [-0.1, -0.05) is 6.07 Å². The molecule has 1 aliphatic heterocycles. The van der Waals surface area contributed by atoms with Gasteiger partial charge >= 0.3 is 0 Å². The molecule has 0 atom stereocenters. The lowest BCUT2D eigenvalue weighted by atomic mass is 10.1. The van der Waals surface area contributed by atoms with E-state index in [2.05, 4.69) is 6.07 Å². The fraction of sp³-hybridized carbons (Fsp3) is 0.176. The van der Waals surface area contributed by atoms with E-state index in [1.807, 2.05) is 18.2 Å². The van der Waals surface area contributed by atoms with Gasteiger partial charge in [0.2, 0.25) is 0 Å². The molecule has 1 amide bonds. The molecular weight excluding hydrogens is 264 g/mol. The molecular formula is C17H14N2O2. The summed E-state index contributed by atoms with van der Waals surface area (Å²) in [5.74, 6) is 0.764. The van der Waals surface area contributed by atoms with Gasteiger partial charge in [0.15, 0.2) is 0 Å². The third-order valence-corrected chi connectivity index (χ3v) is 3.60. The van der Waals surface area contributed by atoms with Crippen molar-refractivity contribution >= 4 is 11.6 Å². The molecule has 0 N–H and O–H groups in total. The number of fused-ring (bicyclic) bond motifs is 1. The highest BCUT2D eigenvalue weighted by atomic mass is 16.5. The number of carbonyl (C=O) groups excluding carboxylic acids is 1. The molecule has 1 aliphatic rings. The highest BCUT2D eigenvalue weighted by molar-refractivity contribution is 6.06. The minimum atomic E-state index is -0.0974. The van der Waals surface area contributed by atoms with Crippen molar-refractivity contribution in [2.45, 2.75) is 6.42 Å². The first-order valence-corrected chi connectivity index (χ1v) is 6.73. The molecule has 0 unspecified atom stereocenters. The van der Waals surface area contributed by atoms with Crippen molar-refractivity contribution in [3.63, 3.8) is 0 Å². The number of benzene rings is 2. The van der Waals surface area contributed by atoms with Crippen LogP contribution < -0.4 is 9.64 Å². The quantitative estimate of drug-likeness (QED) is 0.848. The van der Waals surface area contributed by atoms with E-state index in [-0.39, 0.29) is 5.91 Å².